The number of aryl methyl sites for hydroxylation is 1. The zero-order chi connectivity index (χ0) is 18.7. The number of nitrogens with zero attached hydrogens (tertiary/aromatic N) is 3. The number of anilines is 1. The third-order valence-corrected chi connectivity index (χ3v) is 4.84. The van der Waals surface area contributed by atoms with Gasteiger partial charge in [0, 0.05) is 18.8 Å². The molecule has 9 heteroatoms. The van der Waals surface area contributed by atoms with Gasteiger partial charge in [0.25, 0.3) is 5.91 Å². The number of halogens is 2. The average Bonchev–Trinajstić information content (AvgIpc) is 2.99. The molecule has 1 N–H and O–H groups in total. The number of carbonyl (C=O) groups is 2. The van der Waals surface area contributed by atoms with Crippen molar-refractivity contribution in [2.45, 2.75) is 13.5 Å². The van der Waals surface area contributed by atoms with Gasteiger partial charge in [-0.1, -0.05) is 29.3 Å². The number of rotatable bonds is 4. The van der Waals surface area contributed by atoms with Crippen molar-refractivity contribution in [3.63, 3.8) is 0 Å². The molecule has 0 bridgehead atoms. The third kappa shape index (κ3) is 4.17. The van der Waals surface area contributed by atoms with Crippen molar-refractivity contribution in [1.82, 2.24) is 14.7 Å². The summed E-state index contributed by atoms with van der Waals surface area (Å²) in [5.41, 5.74) is 1.46. The highest BCUT2D eigenvalue weighted by atomic mass is 35.5. The molecule has 2 amide bonds. The number of amides is 2. The van der Waals surface area contributed by atoms with E-state index >= 15 is 0 Å². The number of morpholine rings is 1. The highest BCUT2D eigenvalue weighted by molar-refractivity contribution is 6.43. The van der Waals surface area contributed by atoms with Crippen LogP contribution < -0.4 is 5.32 Å². The molecule has 1 aromatic heterocycles. The second-order valence-corrected chi connectivity index (χ2v) is 6.67. The van der Waals surface area contributed by atoms with Gasteiger partial charge in [0.15, 0.2) is 5.69 Å². The van der Waals surface area contributed by atoms with Crippen LogP contribution in [0.4, 0.5) is 5.69 Å². The Balaban J connectivity index is 1.68. The maximum Gasteiger partial charge on any atom is 0.274 e. The lowest BCUT2D eigenvalue weighted by atomic mass is 10.3. The summed E-state index contributed by atoms with van der Waals surface area (Å²) in [6, 6.07) is 6.68. The molecule has 0 atom stereocenters. The number of aromatic nitrogens is 2. The van der Waals surface area contributed by atoms with Crippen LogP contribution in [0.5, 0.6) is 0 Å². The van der Waals surface area contributed by atoms with Crippen molar-refractivity contribution < 1.29 is 14.3 Å². The van der Waals surface area contributed by atoms with Crippen LogP contribution in [-0.2, 0) is 16.1 Å². The Labute approximate surface area is 160 Å². The molecule has 1 saturated heterocycles. The topological polar surface area (TPSA) is 76.5 Å². The molecular formula is C17H18Cl2N4O3. The van der Waals surface area contributed by atoms with Crippen molar-refractivity contribution in [1.29, 1.82) is 0 Å². The Kier molecular flexibility index (Phi) is 5.80. The highest BCUT2D eigenvalue weighted by Crippen LogP contribution is 2.29. The van der Waals surface area contributed by atoms with Crippen LogP contribution in [0.15, 0.2) is 24.3 Å². The number of hydrogen-bond donors (Lipinski definition) is 1. The molecule has 26 heavy (non-hydrogen) atoms. The van der Waals surface area contributed by atoms with Gasteiger partial charge >= 0.3 is 0 Å². The van der Waals surface area contributed by atoms with Gasteiger partial charge in [-0.15, -0.1) is 0 Å². The van der Waals surface area contributed by atoms with Gasteiger partial charge in [-0.2, -0.15) is 5.10 Å². The van der Waals surface area contributed by atoms with Gasteiger partial charge in [-0.3, -0.25) is 14.3 Å². The average molecular weight is 397 g/mol. The van der Waals surface area contributed by atoms with Gasteiger partial charge < -0.3 is 15.0 Å². The minimum absolute atomic E-state index is 0.0366. The molecule has 2 aromatic rings. The summed E-state index contributed by atoms with van der Waals surface area (Å²) in [5, 5.41) is 7.61. The first kappa shape index (κ1) is 18.7. The maximum atomic E-state index is 12.5. The third-order valence-electron chi connectivity index (χ3n) is 4.02. The first-order valence-electron chi connectivity index (χ1n) is 8.11. The molecule has 0 unspecified atom stereocenters. The Bertz CT molecular complexity index is 831. The van der Waals surface area contributed by atoms with Gasteiger partial charge in [0.05, 0.1) is 28.9 Å². The van der Waals surface area contributed by atoms with Gasteiger partial charge in [-0.05, 0) is 25.1 Å². The zero-order valence-corrected chi connectivity index (χ0v) is 15.7. The summed E-state index contributed by atoms with van der Waals surface area (Å²) in [5.74, 6) is -0.473. The monoisotopic (exact) mass is 396 g/mol. The Hall–Kier alpha value is -2.09. The number of carbonyl (C=O) groups excluding carboxylic acids is 2. The van der Waals surface area contributed by atoms with E-state index in [4.69, 9.17) is 27.9 Å². The van der Waals surface area contributed by atoms with Crippen LogP contribution in [-0.4, -0.2) is 52.8 Å². The van der Waals surface area contributed by atoms with E-state index in [2.05, 4.69) is 10.4 Å². The predicted molar refractivity (Wildman–Crippen MR) is 98.8 cm³/mol. The van der Waals surface area contributed by atoms with E-state index in [1.807, 2.05) is 0 Å². The van der Waals surface area contributed by atoms with Crippen molar-refractivity contribution in [3.8, 4) is 0 Å². The first-order chi connectivity index (χ1) is 12.5. The summed E-state index contributed by atoms with van der Waals surface area (Å²) in [7, 11) is 0. The molecule has 1 aliphatic rings. The largest absolute Gasteiger partial charge is 0.378 e. The second kappa shape index (κ2) is 8.07. The summed E-state index contributed by atoms with van der Waals surface area (Å²) < 4.78 is 6.74. The van der Waals surface area contributed by atoms with E-state index < -0.39 is 0 Å². The quantitative estimate of drug-likeness (QED) is 0.861. The van der Waals surface area contributed by atoms with Crippen LogP contribution in [0.3, 0.4) is 0 Å². The molecule has 0 aliphatic carbocycles. The summed E-state index contributed by atoms with van der Waals surface area (Å²) in [6.07, 6.45) is 0. The Morgan fingerprint density at radius 1 is 1.27 bits per heavy atom. The predicted octanol–water partition coefficient (Wildman–Crippen LogP) is 2.61. The minimum Gasteiger partial charge on any atom is -0.378 e. The lowest BCUT2D eigenvalue weighted by molar-refractivity contribution is -0.116. The number of benzene rings is 1. The molecule has 0 saturated carbocycles. The highest BCUT2D eigenvalue weighted by Gasteiger charge is 2.22. The van der Waals surface area contributed by atoms with E-state index in [9.17, 15) is 9.59 Å². The van der Waals surface area contributed by atoms with E-state index in [-0.39, 0.29) is 23.4 Å². The summed E-state index contributed by atoms with van der Waals surface area (Å²) >= 11 is 12.0. The van der Waals surface area contributed by atoms with E-state index in [0.717, 1.165) is 0 Å². The van der Waals surface area contributed by atoms with Crippen LogP contribution in [0.25, 0.3) is 0 Å². The molecular weight excluding hydrogens is 379 g/mol. The van der Waals surface area contributed by atoms with Gasteiger partial charge in [0.1, 0.15) is 6.54 Å². The van der Waals surface area contributed by atoms with E-state index in [0.29, 0.717) is 48.4 Å². The normalized spacial score (nSPS) is 14.3. The first-order valence-corrected chi connectivity index (χ1v) is 8.86. The molecule has 1 aromatic carbocycles. The molecule has 2 heterocycles. The van der Waals surface area contributed by atoms with Crippen LogP contribution >= 0.6 is 23.2 Å². The fourth-order valence-electron chi connectivity index (χ4n) is 2.63. The van der Waals surface area contributed by atoms with Crippen LogP contribution in [0.1, 0.15) is 16.2 Å². The molecule has 0 radical (unpaired) electrons. The lowest BCUT2D eigenvalue weighted by Crippen LogP contribution is -2.40. The number of ether oxygens (including phenoxy) is 1. The Morgan fingerprint density at radius 2 is 2.00 bits per heavy atom. The molecule has 3 rings (SSSR count). The van der Waals surface area contributed by atoms with Crippen LogP contribution in [0, 0.1) is 6.92 Å². The van der Waals surface area contributed by atoms with Crippen molar-refractivity contribution in [2.24, 2.45) is 0 Å². The van der Waals surface area contributed by atoms with Gasteiger partial charge in [0.2, 0.25) is 5.91 Å². The SMILES string of the molecule is Cc1cc(C(=O)N2CCOCC2)nn1CC(=O)Nc1cccc(Cl)c1Cl. The summed E-state index contributed by atoms with van der Waals surface area (Å²) in [6.45, 7) is 3.88. The fraction of sp³-hybridized carbons (Fsp3) is 0.353. The number of hydrogen-bond acceptors (Lipinski definition) is 4. The molecule has 1 fully saturated rings. The molecule has 1 aliphatic heterocycles. The Morgan fingerprint density at radius 3 is 2.73 bits per heavy atom. The molecule has 138 valence electrons. The van der Waals surface area contributed by atoms with Gasteiger partial charge in [-0.25, -0.2) is 0 Å². The molecule has 0 spiro atoms. The number of nitrogens with one attached hydrogen (secondary N) is 1. The lowest BCUT2D eigenvalue weighted by Gasteiger charge is -2.25. The van der Waals surface area contributed by atoms with E-state index in [1.54, 1.807) is 36.1 Å². The van der Waals surface area contributed by atoms with Crippen LogP contribution in [0.2, 0.25) is 10.0 Å². The van der Waals surface area contributed by atoms with E-state index in [1.165, 1.54) is 4.68 Å². The van der Waals surface area contributed by atoms with Crippen molar-refractivity contribution in [3.05, 3.63) is 45.7 Å². The fourth-order valence-corrected chi connectivity index (χ4v) is 2.98. The summed E-state index contributed by atoms with van der Waals surface area (Å²) in [4.78, 5) is 26.5. The maximum absolute atomic E-state index is 12.5. The smallest absolute Gasteiger partial charge is 0.274 e. The van der Waals surface area contributed by atoms with Crippen molar-refractivity contribution >= 4 is 40.7 Å². The zero-order valence-electron chi connectivity index (χ0n) is 14.2. The second-order valence-electron chi connectivity index (χ2n) is 5.88. The standard InChI is InChI=1S/C17H18Cl2N4O3/c1-11-9-14(17(25)22-5-7-26-8-6-22)21-23(11)10-15(24)20-13-4-2-3-12(18)16(13)19/h2-4,9H,5-8,10H2,1H3,(H,20,24). The minimum atomic E-state index is -0.314. The van der Waals surface area contributed by atoms with Crippen molar-refractivity contribution in [2.75, 3.05) is 31.6 Å². The molecule has 7 nitrogen and oxygen atoms in total.